The van der Waals surface area contributed by atoms with Gasteiger partial charge in [-0.1, -0.05) is 25.0 Å². The number of hydrogen-bond donors (Lipinski definition) is 4. The quantitative estimate of drug-likeness (QED) is 0.538. The summed E-state index contributed by atoms with van der Waals surface area (Å²) in [6.45, 7) is 3.33. The third-order valence-electron chi connectivity index (χ3n) is 6.94. The molecule has 0 spiro atoms. The SMILES string of the molecule is c1cc2nc(c1)CN[C@@H]1CCC[C@H]1NCc1cccc(n1)CN[C@H]1CCC[C@@H]1NC2. The summed E-state index contributed by atoms with van der Waals surface area (Å²) in [5.41, 5.74) is 4.54. The number of nitrogens with one attached hydrogen (secondary N) is 4. The Morgan fingerprint density at radius 1 is 0.500 bits per heavy atom. The van der Waals surface area contributed by atoms with E-state index in [9.17, 15) is 0 Å². The molecule has 160 valence electrons. The predicted octanol–water partition coefficient (Wildman–Crippen LogP) is 2.39. The maximum absolute atomic E-state index is 4.91. The van der Waals surface area contributed by atoms with Crippen LogP contribution in [0.1, 0.15) is 61.3 Å². The molecule has 2 aliphatic carbocycles. The van der Waals surface area contributed by atoms with Gasteiger partial charge in [0.15, 0.2) is 0 Å². The van der Waals surface area contributed by atoms with Crippen LogP contribution in [0.4, 0.5) is 0 Å². The van der Waals surface area contributed by atoms with Gasteiger partial charge in [-0.3, -0.25) is 9.97 Å². The molecule has 30 heavy (non-hydrogen) atoms. The van der Waals surface area contributed by atoms with Crippen molar-refractivity contribution in [1.29, 1.82) is 0 Å². The Labute approximate surface area is 179 Å². The Hall–Kier alpha value is -1.86. The monoisotopic (exact) mass is 406 g/mol. The van der Waals surface area contributed by atoms with Gasteiger partial charge in [-0.15, -0.1) is 0 Å². The zero-order chi connectivity index (χ0) is 20.2. The molecule has 4 bridgehead atoms. The van der Waals surface area contributed by atoms with Gasteiger partial charge < -0.3 is 21.3 Å². The van der Waals surface area contributed by atoms with Crippen LogP contribution in [0.5, 0.6) is 0 Å². The van der Waals surface area contributed by atoms with Gasteiger partial charge in [0.05, 0.1) is 22.8 Å². The summed E-state index contributed by atoms with van der Waals surface area (Å²) < 4.78 is 0. The van der Waals surface area contributed by atoms with E-state index in [4.69, 9.17) is 9.97 Å². The molecule has 5 rings (SSSR count). The van der Waals surface area contributed by atoms with Crippen LogP contribution < -0.4 is 21.3 Å². The lowest BCUT2D eigenvalue weighted by Gasteiger charge is -2.24. The summed E-state index contributed by atoms with van der Waals surface area (Å²) in [7, 11) is 0. The van der Waals surface area contributed by atoms with Crippen molar-refractivity contribution in [2.75, 3.05) is 0 Å². The van der Waals surface area contributed by atoms with Gasteiger partial charge >= 0.3 is 0 Å². The molecule has 3 heterocycles. The molecule has 1 aliphatic heterocycles. The molecule has 4 atom stereocenters. The van der Waals surface area contributed by atoms with Crippen LogP contribution in [0.15, 0.2) is 36.4 Å². The van der Waals surface area contributed by atoms with Gasteiger partial charge in [-0.05, 0) is 49.9 Å². The van der Waals surface area contributed by atoms with Crippen LogP contribution in [0.2, 0.25) is 0 Å². The number of pyridine rings is 2. The second-order valence-corrected chi connectivity index (χ2v) is 9.05. The second-order valence-electron chi connectivity index (χ2n) is 9.05. The smallest absolute Gasteiger partial charge is 0.0545 e. The number of nitrogens with zero attached hydrogens (tertiary/aromatic N) is 2. The van der Waals surface area contributed by atoms with Crippen molar-refractivity contribution < 1.29 is 0 Å². The first-order valence-electron chi connectivity index (χ1n) is 11.7. The maximum atomic E-state index is 4.91. The molecular weight excluding hydrogens is 372 g/mol. The summed E-state index contributed by atoms with van der Waals surface area (Å²) in [6.07, 6.45) is 7.43. The molecule has 0 radical (unpaired) electrons. The van der Waals surface area contributed by atoms with Crippen LogP contribution in [-0.4, -0.2) is 34.1 Å². The van der Waals surface area contributed by atoms with E-state index in [1.165, 1.54) is 38.5 Å². The molecule has 2 saturated carbocycles. The highest BCUT2D eigenvalue weighted by atomic mass is 15.1. The molecular formula is C24H34N6. The molecule has 6 nitrogen and oxygen atoms in total. The summed E-state index contributed by atoms with van der Waals surface area (Å²) in [5.74, 6) is 0. The minimum absolute atomic E-state index is 0.497. The lowest BCUT2D eigenvalue weighted by molar-refractivity contribution is 0.396. The fourth-order valence-corrected chi connectivity index (χ4v) is 5.29. The average molecular weight is 407 g/mol. The molecule has 0 unspecified atom stereocenters. The summed E-state index contributed by atoms with van der Waals surface area (Å²) in [6, 6.07) is 14.8. The van der Waals surface area contributed by atoms with E-state index in [1.54, 1.807) is 0 Å². The molecule has 4 N–H and O–H groups in total. The van der Waals surface area contributed by atoms with Crippen LogP contribution in [-0.2, 0) is 26.2 Å². The maximum Gasteiger partial charge on any atom is 0.0545 e. The lowest BCUT2D eigenvalue weighted by atomic mass is 10.1. The number of rotatable bonds is 0. The molecule has 2 fully saturated rings. The fraction of sp³-hybridized carbons (Fsp3) is 0.583. The molecule has 0 amide bonds. The predicted molar refractivity (Wildman–Crippen MR) is 119 cm³/mol. The van der Waals surface area contributed by atoms with Gasteiger partial charge in [0, 0.05) is 50.3 Å². The van der Waals surface area contributed by atoms with E-state index in [1.807, 2.05) is 0 Å². The third kappa shape index (κ3) is 4.89. The molecule has 2 aromatic heterocycles. The molecule has 2 aromatic rings. The van der Waals surface area contributed by atoms with Gasteiger partial charge in [-0.2, -0.15) is 0 Å². The molecule has 6 heteroatoms. The minimum atomic E-state index is 0.497. The van der Waals surface area contributed by atoms with Crippen LogP contribution >= 0.6 is 0 Å². The average Bonchev–Trinajstić information content (AvgIpc) is 3.42. The van der Waals surface area contributed by atoms with Crippen LogP contribution in [0, 0.1) is 0 Å². The van der Waals surface area contributed by atoms with E-state index < -0.39 is 0 Å². The van der Waals surface area contributed by atoms with Crippen molar-refractivity contribution in [2.24, 2.45) is 0 Å². The van der Waals surface area contributed by atoms with E-state index >= 15 is 0 Å². The van der Waals surface area contributed by atoms with E-state index in [0.29, 0.717) is 24.2 Å². The highest BCUT2D eigenvalue weighted by molar-refractivity contribution is 5.13. The number of aromatic nitrogens is 2. The lowest BCUT2D eigenvalue weighted by Crippen LogP contribution is -2.44. The Balaban J connectivity index is 1.34. The largest absolute Gasteiger partial charge is 0.307 e. The standard InChI is InChI=1S/C24H34N6/c1-5-17-13-25-21-9-3-11-23(21)27-15-19-7-2-8-20(30-19)16-28-24-12-4-10-22(24)26-14-18(6-1)29-17/h1-2,5-8,21-28H,3-4,9-16H2/t21-,22+,23-,24+. The Morgan fingerprint density at radius 3 is 1.10 bits per heavy atom. The number of hydrogen-bond acceptors (Lipinski definition) is 6. The summed E-state index contributed by atoms with van der Waals surface area (Å²) in [4.78, 5) is 9.81. The fourth-order valence-electron chi connectivity index (χ4n) is 5.29. The van der Waals surface area contributed by atoms with Gasteiger partial charge in [-0.25, -0.2) is 0 Å². The highest BCUT2D eigenvalue weighted by Gasteiger charge is 2.28. The molecule has 0 aromatic carbocycles. The van der Waals surface area contributed by atoms with Crippen molar-refractivity contribution in [1.82, 2.24) is 31.2 Å². The van der Waals surface area contributed by atoms with Crippen molar-refractivity contribution in [2.45, 2.75) is 88.9 Å². The second kappa shape index (κ2) is 9.52. The normalized spacial score (nSPS) is 30.1. The first kappa shape index (κ1) is 20.1. The van der Waals surface area contributed by atoms with E-state index in [2.05, 4.69) is 57.7 Å². The van der Waals surface area contributed by atoms with Gasteiger partial charge in [0.2, 0.25) is 0 Å². The van der Waals surface area contributed by atoms with E-state index in [-0.39, 0.29) is 0 Å². The third-order valence-corrected chi connectivity index (χ3v) is 6.94. The zero-order valence-corrected chi connectivity index (χ0v) is 17.7. The topological polar surface area (TPSA) is 73.9 Å². The highest BCUT2D eigenvalue weighted by Crippen LogP contribution is 2.21. The first-order valence-corrected chi connectivity index (χ1v) is 11.7. The van der Waals surface area contributed by atoms with Crippen LogP contribution in [0.3, 0.4) is 0 Å². The number of fused-ring (bicyclic) bond motifs is 6. The summed E-state index contributed by atoms with van der Waals surface area (Å²) >= 11 is 0. The Kier molecular flexibility index (Phi) is 6.37. The molecule has 3 aliphatic rings. The van der Waals surface area contributed by atoms with Gasteiger partial charge in [0.25, 0.3) is 0 Å². The van der Waals surface area contributed by atoms with E-state index in [0.717, 1.165) is 49.0 Å². The van der Waals surface area contributed by atoms with Crippen molar-refractivity contribution in [3.8, 4) is 0 Å². The van der Waals surface area contributed by atoms with Gasteiger partial charge in [0.1, 0.15) is 0 Å². The minimum Gasteiger partial charge on any atom is -0.307 e. The van der Waals surface area contributed by atoms with Crippen molar-refractivity contribution in [3.05, 3.63) is 59.2 Å². The summed E-state index contributed by atoms with van der Waals surface area (Å²) in [5, 5.41) is 15.0. The van der Waals surface area contributed by atoms with Crippen molar-refractivity contribution in [3.63, 3.8) is 0 Å². The zero-order valence-electron chi connectivity index (χ0n) is 17.7. The molecule has 0 saturated heterocycles. The van der Waals surface area contributed by atoms with Crippen LogP contribution in [0.25, 0.3) is 0 Å². The first-order chi connectivity index (χ1) is 14.8. The Morgan fingerprint density at radius 2 is 0.800 bits per heavy atom. The Bertz CT molecular complexity index is 712. The van der Waals surface area contributed by atoms with Crippen molar-refractivity contribution >= 4 is 0 Å².